The first-order valence-corrected chi connectivity index (χ1v) is 7.19. The molecule has 2 rings (SSSR count). The summed E-state index contributed by atoms with van der Waals surface area (Å²) in [5.74, 6) is 0.872. The van der Waals surface area contributed by atoms with Crippen LogP contribution in [0.25, 0.3) is 0 Å². The van der Waals surface area contributed by atoms with Gasteiger partial charge < -0.3 is 9.64 Å². The Bertz CT molecular complexity index is 407. The summed E-state index contributed by atoms with van der Waals surface area (Å²) in [6, 6.07) is 8.24. The fourth-order valence-corrected chi connectivity index (χ4v) is 2.72. The third kappa shape index (κ3) is 3.72. The number of nitrogens with zero attached hydrogens (tertiary/aromatic N) is 1. The van der Waals surface area contributed by atoms with Gasteiger partial charge in [-0.1, -0.05) is 30.5 Å². The van der Waals surface area contributed by atoms with E-state index in [2.05, 4.69) is 0 Å². The van der Waals surface area contributed by atoms with Gasteiger partial charge in [-0.25, -0.2) is 0 Å². The van der Waals surface area contributed by atoms with E-state index in [1.807, 2.05) is 43.0 Å². The van der Waals surface area contributed by atoms with E-state index in [1.165, 1.54) is 18.4 Å². The van der Waals surface area contributed by atoms with Gasteiger partial charge in [0, 0.05) is 12.6 Å². The van der Waals surface area contributed by atoms with Gasteiger partial charge in [-0.3, -0.25) is 4.79 Å². The second kappa shape index (κ2) is 6.60. The Hall–Kier alpha value is -1.51. The molecule has 1 amide bonds. The molecule has 3 nitrogen and oxygen atoms in total. The first-order valence-electron chi connectivity index (χ1n) is 7.19. The molecule has 0 saturated heterocycles. The maximum Gasteiger partial charge on any atom is 0.260 e. The van der Waals surface area contributed by atoms with E-state index in [1.54, 1.807) is 0 Å². The van der Waals surface area contributed by atoms with Crippen molar-refractivity contribution in [1.29, 1.82) is 0 Å². The monoisotopic (exact) mass is 261 g/mol. The quantitative estimate of drug-likeness (QED) is 0.814. The molecule has 0 aliphatic heterocycles. The minimum Gasteiger partial charge on any atom is -0.484 e. The summed E-state index contributed by atoms with van der Waals surface area (Å²) in [5.41, 5.74) is 1.19. The maximum absolute atomic E-state index is 12.2. The van der Waals surface area contributed by atoms with Crippen molar-refractivity contribution in [2.45, 2.75) is 45.6 Å². The van der Waals surface area contributed by atoms with Gasteiger partial charge >= 0.3 is 0 Å². The molecule has 1 aromatic carbocycles. The SMILES string of the molecule is CCN(C(=O)COc1ccc(C)cc1)C1CCCC1. The minimum atomic E-state index is 0.106. The summed E-state index contributed by atoms with van der Waals surface area (Å²) in [6.07, 6.45) is 4.77. The number of hydrogen-bond acceptors (Lipinski definition) is 2. The van der Waals surface area contributed by atoms with Crippen molar-refractivity contribution in [3.05, 3.63) is 29.8 Å². The van der Waals surface area contributed by atoms with Crippen molar-refractivity contribution in [2.24, 2.45) is 0 Å². The highest BCUT2D eigenvalue weighted by molar-refractivity contribution is 5.78. The van der Waals surface area contributed by atoms with Gasteiger partial charge in [0.05, 0.1) is 0 Å². The highest BCUT2D eigenvalue weighted by Gasteiger charge is 2.25. The molecule has 0 radical (unpaired) electrons. The summed E-state index contributed by atoms with van der Waals surface area (Å²) >= 11 is 0. The number of ether oxygens (including phenoxy) is 1. The zero-order valence-electron chi connectivity index (χ0n) is 11.9. The van der Waals surface area contributed by atoms with Gasteiger partial charge in [0.25, 0.3) is 5.91 Å². The average molecular weight is 261 g/mol. The Labute approximate surface area is 115 Å². The third-order valence-corrected chi connectivity index (χ3v) is 3.81. The molecular formula is C16H23NO2. The number of hydrogen-bond donors (Lipinski definition) is 0. The minimum absolute atomic E-state index is 0.106. The second-order valence-corrected chi connectivity index (χ2v) is 5.22. The Balaban J connectivity index is 1.86. The topological polar surface area (TPSA) is 29.5 Å². The second-order valence-electron chi connectivity index (χ2n) is 5.22. The van der Waals surface area contributed by atoms with Crippen molar-refractivity contribution >= 4 is 5.91 Å². The molecule has 1 fully saturated rings. The van der Waals surface area contributed by atoms with E-state index >= 15 is 0 Å². The van der Waals surface area contributed by atoms with E-state index in [0.717, 1.165) is 25.1 Å². The molecule has 19 heavy (non-hydrogen) atoms. The summed E-state index contributed by atoms with van der Waals surface area (Å²) in [5, 5.41) is 0. The zero-order chi connectivity index (χ0) is 13.7. The largest absolute Gasteiger partial charge is 0.484 e. The molecule has 3 heteroatoms. The first-order chi connectivity index (χ1) is 9.20. The van der Waals surface area contributed by atoms with Gasteiger partial charge in [-0.05, 0) is 38.8 Å². The third-order valence-electron chi connectivity index (χ3n) is 3.81. The van der Waals surface area contributed by atoms with Gasteiger partial charge in [-0.2, -0.15) is 0 Å². The van der Waals surface area contributed by atoms with Gasteiger partial charge in [0.1, 0.15) is 5.75 Å². The molecule has 0 bridgehead atoms. The van der Waals surface area contributed by atoms with Crippen LogP contribution in [0.1, 0.15) is 38.2 Å². The Kier molecular flexibility index (Phi) is 4.83. The van der Waals surface area contributed by atoms with Crippen LogP contribution in [0.5, 0.6) is 5.75 Å². The van der Waals surface area contributed by atoms with Crippen molar-refractivity contribution < 1.29 is 9.53 Å². The van der Waals surface area contributed by atoms with Crippen LogP contribution >= 0.6 is 0 Å². The zero-order valence-corrected chi connectivity index (χ0v) is 11.9. The Morgan fingerprint density at radius 1 is 1.26 bits per heavy atom. The highest BCUT2D eigenvalue weighted by Crippen LogP contribution is 2.23. The average Bonchev–Trinajstić information content (AvgIpc) is 2.93. The van der Waals surface area contributed by atoms with Crippen LogP contribution in [0, 0.1) is 6.92 Å². The molecule has 0 N–H and O–H groups in total. The molecular weight excluding hydrogens is 238 g/mol. The first kappa shape index (κ1) is 13.9. The van der Waals surface area contributed by atoms with Crippen LogP contribution in [0.2, 0.25) is 0 Å². The van der Waals surface area contributed by atoms with Crippen LogP contribution in [-0.4, -0.2) is 30.0 Å². The normalized spacial score (nSPS) is 15.5. The summed E-state index contributed by atoms with van der Waals surface area (Å²) in [4.78, 5) is 14.2. The lowest BCUT2D eigenvalue weighted by atomic mass is 10.2. The molecule has 0 aromatic heterocycles. The van der Waals surface area contributed by atoms with E-state index < -0.39 is 0 Å². The standard InChI is InChI=1S/C16H23NO2/c1-3-17(14-6-4-5-7-14)16(18)12-19-15-10-8-13(2)9-11-15/h8-11,14H,3-7,12H2,1-2H3. The van der Waals surface area contributed by atoms with Crippen LogP contribution in [-0.2, 0) is 4.79 Å². The lowest BCUT2D eigenvalue weighted by Crippen LogP contribution is -2.41. The number of amides is 1. The summed E-state index contributed by atoms with van der Waals surface area (Å²) in [6.45, 7) is 5.00. The van der Waals surface area contributed by atoms with Crippen LogP contribution in [0.15, 0.2) is 24.3 Å². The smallest absolute Gasteiger partial charge is 0.260 e. The molecule has 0 atom stereocenters. The van der Waals surface area contributed by atoms with Crippen molar-refractivity contribution in [1.82, 2.24) is 4.90 Å². The fourth-order valence-electron chi connectivity index (χ4n) is 2.72. The number of benzene rings is 1. The lowest BCUT2D eigenvalue weighted by molar-refractivity contribution is -0.135. The van der Waals surface area contributed by atoms with Crippen molar-refractivity contribution in [2.75, 3.05) is 13.2 Å². The lowest BCUT2D eigenvalue weighted by Gasteiger charge is -2.27. The molecule has 104 valence electrons. The van der Waals surface area contributed by atoms with Crippen molar-refractivity contribution in [3.8, 4) is 5.75 Å². The predicted molar refractivity (Wildman–Crippen MR) is 76.3 cm³/mol. The van der Waals surface area contributed by atoms with Gasteiger partial charge in [0.2, 0.25) is 0 Å². The van der Waals surface area contributed by atoms with E-state index in [-0.39, 0.29) is 12.5 Å². The maximum atomic E-state index is 12.2. The summed E-state index contributed by atoms with van der Waals surface area (Å²) < 4.78 is 5.57. The summed E-state index contributed by atoms with van der Waals surface area (Å²) in [7, 11) is 0. The number of rotatable bonds is 5. The number of likely N-dealkylation sites (N-methyl/N-ethyl adjacent to an activating group) is 1. The van der Waals surface area contributed by atoms with Gasteiger partial charge in [-0.15, -0.1) is 0 Å². The number of carbonyl (C=O) groups is 1. The molecule has 0 heterocycles. The van der Waals surface area contributed by atoms with Gasteiger partial charge in [0.15, 0.2) is 6.61 Å². The molecule has 0 spiro atoms. The van der Waals surface area contributed by atoms with Crippen LogP contribution in [0.4, 0.5) is 0 Å². The number of carbonyl (C=O) groups excluding carboxylic acids is 1. The van der Waals surface area contributed by atoms with E-state index in [0.29, 0.717) is 6.04 Å². The Morgan fingerprint density at radius 2 is 1.89 bits per heavy atom. The highest BCUT2D eigenvalue weighted by atomic mass is 16.5. The van der Waals surface area contributed by atoms with Crippen molar-refractivity contribution in [3.63, 3.8) is 0 Å². The van der Waals surface area contributed by atoms with Crippen LogP contribution < -0.4 is 4.74 Å². The predicted octanol–water partition coefficient (Wildman–Crippen LogP) is 3.16. The van der Waals surface area contributed by atoms with Crippen LogP contribution in [0.3, 0.4) is 0 Å². The number of aryl methyl sites for hydroxylation is 1. The van der Waals surface area contributed by atoms with E-state index in [9.17, 15) is 4.79 Å². The molecule has 0 unspecified atom stereocenters. The molecule has 1 saturated carbocycles. The molecule has 1 aliphatic carbocycles. The Morgan fingerprint density at radius 3 is 2.47 bits per heavy atom. The molecule has 1 aromatic rings. The fraction of sp³-hybridized carbons (Fsp3) is 0.562. The molecule has 1 aliphatic rings. The van der Waals surface area contributed by atoms with E-state index in [4.69, 9.17) is 4.74 Å².